The summed E-state index contributed by atoms with van der Waals surface area (Å²) in [6, 6.07) is 3.09. The molecule has 1 aromatic carbocycles. The second-order valence-corrected chi connectivity index (χ2v) is 5.24. The molecule has 7 heteroatoms. The van der Waals surface area contributed by atoms with E-state index in [1.54, 1.807) is 19.1 Å². The third-order valence-corrected chi connectivity index (χ3v) is 3.95. The number of rotatable bonds is 7. The normalized spacial score (nSPS) is 11.6. The Kier molecular flexibility index (Phi) is 6.36. The molecule has 0 aliphatic heterocycles. The van der Waals surface area contributed by atoms with Gasteiger partial charge in [0.05, 0.1) is 27.2 Å². The van der Waals surface area contributed by atoms with Crippen LogP contribution in [0.25, 0.3) is 0 Å². The zero-order chi connectivity index (χ0) is 16.0. The van der Waals surface area contributed by atoms with Gasteiger partial charge in [0, 0.05) is 11.3 Å². The van der Waals surface area contributed by atoms with Crippen LogP contribution < -0.4 is 14.2 Å². The van der Waals surface area contributed by atoms with Gasteiger partial charge in [0.15, 0.2) is 11.5 Å². The molecule has 0 amide bonds. The van der Waals surface area contributed by atoms with Crippen molar-refractivity contribution in [2.75, 3.05) is 27.1 Å². The SMILES string of the molecule is COc1cc(C(=O)SC[C@@H](C)C(=O)O)cc(OC)c1OC. The maximum Gasteiger partial charge on any atom is 0.307 e. The molecule has 0 aliphatic rings. The van der Waals surface area contributed by atoms with Gasteiger partial charge in [0.1, 0.15) is 0 Å². The van der Waals surface area contributed by atoms with Crippen molar-refractivity contribution >= 4 is 22.8 Å². The Labute approximate surface area is 127 Å². The summed E-state index contributed by atoms with van der Waals surface area (Å²) in [4.78, 5) is 22.9. The Bertz CT molecular complexity index is 503. The van der Waals surface area contributed by atoms with Crippen molar-refractivity contribution in [2.24, 2.45) is 5.92 Å². The fraction of sp³-hybridized carbons (Fsp3) is 0.429. The maximum absolute atomic E-state index is 12.1. The van der Waals surface area contributed by atoms with Crippen LogP contribution in [0.15, 0.2) is 12.1 Å². The van der Waals surface area contributed by atoms with Crippen molar-refractivity contribution in [3.63, 3.8) is 0 Å². The van der Waals surface area contributed by atoms with Gasteiger partial charge in [-0.25, -0.2) is 0 Å². The minimum absolute atomic E-state index is 0.199. The Morgan fingerprint density at radius 3 is 2.05 bits per heavy atom. The summed E-state index contributed by atoms with van der Waals surface area (Å²) >= 11 is 0.946. The number of benzene rings is 1. The fourth-order valence-electron chi connectivity index (χ4n) is 1.55. The molecular weight excluding hydrogens is 296 g/mol. The molecule has 0 heterocycles. The molecule has 1 rings (SSSR count). The molecule has 21 heavy (non-hydrogen) atoms. The Morgan fingerprint density at radius 1 is 1.14 bits per heavy atom. The number of ether oxygens (including phenoxy) is 3. The van der Waals surface area contributed by atoms with Crippen LogP contribution in [0.5, 0.6) is 17.2 Å². The topological polar surface area (TPSA) is 82.1 Å². The van der Waals surface area contributed by atoms with Crippen LogP contribution in [0.3, 0.4) is 0 Å². The van der Waals surface area contributed by atoms with Crippen LogP contribution in [0.2, 0.25) is 0 Å². The van der Waals surface area contributed by atoms with Gasteiger partial charge in [-0.15, -0.1) is 0 Å². The molecule has 0 radical (unpaired) electrons. The second-order valence-electron chi connectivity index (χ2n) is 4.25. The van der Waals surface area contributed by atoms with Gasteiger partial charge in [-0.05, 0) is 12.1 Å². The first-order chi connectivity index (χ1) is 9.94. The fourth-order valence-corrected chi connectivity index (χ4v) is 2.38. The lowest BCUT2D eigenvalue weighted by Gasteiger charge is -2.13. The molecule has 0 fully saturated rings. The molecule has 6 nitrogen and oxygen atoms in total. The van der Waals surface area contributed by atoms with E-state index in [4.69, 9.17) is 19.3 Å². The number of carboxylic acid groups (broad SMARTS) is 1. The molecule has 116 valence electrons. The lowest BCUT2D eigenvalue weighted by molar-refractivity contribution is -0.140. The maximum atomic E-state index is 12.1. The van der Waals surface area contributed by atoms with E-state index in [0.29, 0.717) is 22.8 Å². The number of carboxylic acids is 1. The number of thioether (sulfide) groups is 1. The molecule has 1 atom stereocenters. The van der Waals surface area contributed by atoms with E-state index >= 15 is 0 Å². The molecule has 0 spiro atoms. The first-order valence-electron chi connectivity index (χ1n) is 6.14. The van der Waals surface area contributed by atoms with Crippen LogP contribution in [-0.4, -0.2) is 43.3 Å². The molecule has 0 bridgehead atoms. The third kappa shape index (κ3) is 4.29. The van der Waals surface area contributed by atoms with E-state index in [1.807, 2.05) is 0 Å². The van der Waals surface area contributed by atoms with Gasteiger partial charge in [0.25, 0.3) is 0 Å². The number of methoxy groups -OCH3 is 3. The molecule has 0 unspecified atom stereocenters. The predicted octanol–water partition coefficient (Wildman–Crippen LogP) is 2.31. The van der Waals surface area contributed by atoms with Gasteiger partial charge < -0.3 is 19.3 Å². The summed E-state index contributed by atoms with van der Waals surface area (Å²) in [6.07, 6.45) is 0. The van der Waals surface area contributed by atoms with Gasteiger partial charge in [0.2, 0.25) is 10.9 Å². The van der Waals surface area contributed by atoms with Gasteiger partial charge >= 0.3 is 5.97 Å². The quantitative estimate of drug-likeness (QED) is 0.827. The number of carbonyl (C=O) groups is 2. The minimum Gasteiger partial charge on any atom is -0.493 e. The van der Waals surface area contributed by atoms with E-state index in [-0.39, 0.29) is 10.9 Å². The van der Waals surface area contributed by atoms with Crippen LogP contribution >= 0.6 is 11.8 Å². The van der Waals surface area contributed by atoms with Crippen molar-refractivity contribution in [3.05, 3.63) is 17.7 Å². The highest BCUT2D eigenvalue weighted by Crippen LogP contribution is 2.39. The van der Waals surface area contributed by atoms with Crippen molar-refractivity contribution < 1.29 is 28.9 Å². The number of hydrogen-bond acceptors (Lipinski definition) is 6. The zero-order valence-corrected chi connectivity index (χ0v) is 13.2. The minimum atomic E-state index is -0.930. The van der Waals surface area contributed by atoms with E-state index < -0.39 is 11.9 Å². The van der Waals surface area contributed by atoms with Crippen molar-refractivity contribution in [2.45, 2.75) is 6.92 Å². The van der Waals surface area contributed by atoms with Gasteiger partial charge in [-0.3, -0.25) is 9.59 Å². The van der Waals surface area contributed by atoms with E-state index in [1.165, 1.54) is 21.3 Å². The summed E-state index contributed by atoms with van der Waals surface area (Å²) in [7, 11) is 4.40. The predicted molar refractivity (Wildman–Crippen MR) is 79.7 cm³/mol. The average Bonchev–Trinajstić information content (AvgIpc) is 2.50. The Balaban J connectivity index is 2.97. The number of hydrogen-bond donors (Lipinski definition) is 1. The Hall–Kier alpha value is -1.89. The highest BCUT2D eigenvalue weighted by atomic mass is 32.2. The molecular formula is C14H18O6S. The standard InChI is InChI=1S/C14H18O6S/c1-8(13(15)16)7-21-14(17)9-5-10(18-2)12(20-4)11(6-9)19-3/h5-6,8H,7H2,1-4H3,(H,15,16)/t8-/m1/s1. The highest BCUT2D eigenvalue weighted by Gasteiger charge is 2.19. The molecule has 1 aromatic rings. The summed E-state index contributed by atoms with van der Waals surface area (Å²) in [6.45, 7) is 1.55. The van der Waals surface area contributed by atoms with E-state index in [9.17, 15) is 9.59 Å². The van der Waals surface area contributed by atoms with Crippen molar-refractivity contribution in [1.29, 1.82) is 0 Å². The molecule has 0 aliphatic carbocycles. The lowest BCUT2D eigenvalue weighted by Crippen LogP contribution is -2.13. The summed E-state index contributed by atoms with van der Waals surface area (Å²) in [5, 5.41) is 8.57. The molecule has 0 saturated heterocycles. The van der Waals surface area contributed by atoms with Crippen molar-refractivity contribution in [1.82, 2.24) is 0 Å². The first kappa shape index (κ1) is 17.2. The first-order valence-corrected chi connectivity index (χ1v) is 7.13. The van der Waals surface area contributed by atoms with Crippen LogP contribution in [-0.2, 0) is 4.79 Å². The van der Waals surface area contributed by atoms with Gasteiger partial charge in [-0.1, -0.05) is 18.7 Å². The van der Waals surface area contributed by atoms with E-state index in [2.05, 4.69) is 0 Å². The zero-order valence-electron chi connectivity index (χ0n) is 12.3. The van der Waals surface area contributed by atoms with Gasteiger partial charge in [-0.2, -0.15) is 0 Å². The number of aliphatic carboxylic acids is 1. The summed E-state index contributed by atoms with van der Waals surface area (Å²) in [5.74, 6) is -0.161. The highest BCUT2D eigenvalue weighted by molar-refractivity contribution is 8.14. The second kappa shape index (κ2) is 7.78. The van der Waals surface area contributed by atoms with Crippen LogP contribution in [0.1, 0.15) is 17.3 Å². The third-order valence-electron chi connectivity index (χ3n) is 2.79. The summed E-state index contributed by atoms with van der Waals surface area (Å²) in [5.41, 5.74) is 0.368. The molecule has 0 saturated carbocycles. The number of carbonyl (C=O) groups excluding carboxylic acids is 1. The lowest BCUT2D eigenvalue weighted by atomic mass is 10.2. The average molecular weight is 314 g/mol. The Morgan fingerprint density at radius 2 is 1.67 bits per heavy atom. The van der Waals surface area contributed by atoms with Crippen LogP contribution in [0.4, 0.5) is 0 Å². The monoisotopic (exact) mass is 314 g/mol. The largest absolute Gasteiger partial charge is 0.493 e. The smallest absolute Gasteiger partial charge is 0.307 e. The molecule has 1 N–H and O–H groups in total. The van der Waals surface area contributed by atoms with Crippen LogP contribution in [0, 0.1) is 5.92 Å². The van der Waals surface area contributed by atoms with E-state index in [0.717, 1.165) is 11.8 Å². The van der Waals surface area contributed by atoms with Crippen molar-refractivity contribution in [3.8, 4) is 17.2 Å². The molecule has 0 aromatic heterocycles. The summed E-state index contributed by atoms with van der Waals surface area (Å²) < 4.78 is 15.5.